The first-order valence-corrected chi connectivity index (χ1v) is 7.23. The maximum atomic E-state index is 10.9. The number of nitro benzene ring substituents is 1. The molecule has 0 saturated heterocycles. The predicted molar refractivity (Wildman–Crippen MR) is 78.5 cm³/mol. The van der Waals surface area contributed by atoms with Gasteiger partial charge in [0.2, 0.25) is 0 Å². The number of hydrogen-bond donors (Lipinski definition) is 0. The molecule has 100 valence electrons. The van der Waals surface area contributed by atoms with E-state index in [0.29, 0.717) is 11.4 Å². The minimum absolute atomic E-state index is 0.177. The topological polar surface area (TPSA) is 46.4 Å². The van der Waals surface area contributed by atoms with Crippen LogP contribution >= 0.6 is 15.9 Å². The van der Waals surface area contributed by atoms with E-state index >= 15 is 0 Å². The molecule has 5 heteroatoms. The zero-order chi connectivity index (χ0) is 13.7. The molecule has 0 saturated carbocycles. The van der Waals surface area contributed by atoms with Gasteiger partial charge in [-0.15, -0.1) is 0 Å². The molecule has 0 spiro atoms. The fourth-order valence-corrected chi connectivity index (χ4v) is 2.41. The third kappa shape index (κ3) is 3.45. The van der Waals surface area contributed by atoms with Gasteiger partial charge in [-0.05, 0) is 32.4 Å². The van der Waals surface area contributed by atoms with E-state index in [4.69, 9.17) is 0 Å². The van der Waals surface area contributed by atoms with Crippen molar-refractivity contribution in [1.82, 2.24) is 0 Å². The summed E-state index contributed by atoms with van der Waals surface area (Å²) in [7, 11) is 0. The summed E-state index contributed by atoms with van der Waals surface area (Å²) >= 11 is 3.31. The molecule has 0 bridgehead atoms. The van der Waals surface area contributed by atoms with Crippen LogP contribution < -0.4 is 4.90 Å². The molecule has 4 nitrogen and oxygen atoms in total. The number of anilines is 1. The average molecular weight is 315 g/mol. The lowest BCUT2D eigenvalue weighted by Gasteiger charge is -2.29. The van der Waals surface area contributed by atoms with Crippen LogP contribution in [0.3, 0.4) is 0 Å². The van der Waals surface area contributed by atoms with E-state index in [0.717, 1.165) is 24.2 Å². The van der Waals surface area contributed by atoms with E-state index in [2.05, 4.69) is 41.6 Å². The second kappa shape index (κ2) is 6.73. The Labute approximate surface area is 116 Å². The zero-order valence-corrected chi connectivity index (χ0v) is 12.6. The summed E-state index contributed by atoms with van der Waals surface area (Å²) in [6.45, 7) is 7.35. The molecule has 1 aromatic rings. The van der Waals surface area contributed by atoms with Crippen molar-refractivity contribution in [2.24, 2.45) is 0 Å². The fraction of sp³-hybridized carbons (Fsp3) is 0.538. The molecule has 0 aliphatic carbocycles. The Kier molecular flexibility index (Phi) is 5.59. The molecule has 0 heterocycles. The highest BCUT2D eigenvalue weighted by Crippen LogP contribution is 2.27. The summed E-state index contributed by atoms with van der Waals surface area (Å²) < 4.78 is 0. The second-order valence-electron chi connectivity index (χ2n) is 4.49. The number of nitrogens with zero attached hydrogens (tertiary/aromatic N) is 2. The molecule has 0 aromatic heterocycles. The molecule has 0 radical (unpaired) electrons. The number of alkyl halides is 1. The van der Waals surface area contributed by atoms with E-state index in [-0.39, 0.29) is 10.6 Å². The van der Waals surface area contributed by atoms with Crippen molar-refractivity contribution in [3.05, 3.63) is 33.9 Å². The van der Waals surface area contributed by atoms with Gasteiger partial charge in [0.25, 0.3) is 5.69 Å². The van der Waals surface area contributed by atoms with Crippen LogP contribution in [-0.2, 0) is 5.33 Å². The standard InChI is InChI=1S/C13H19BrN2O2/c1-4-7-15(10(2)3)12-5-6-13(16(17)18)11(8-12)9-14/h5-6,8,10H,4,7,9H2,1-3H3. The molecule has 0 atom stereocenters. The van der Waals surface area contributed by atoms with Crippen LogP contribution in [-0.4, -0.2) is 17.5 Å². The number of halogens is 1. The number of nitro groups is 1. The van der Waals surface area contributed by atoms with Gasteiger partial charge >= 0.3 is 0 Å². The van der Waals surface area contributed by atoms with Crippen molar-refractivity contribution >= 4 is 27.3 Å². The minimum atomic E-state index is -0.333. The van der Waals surface area contributed by atoms with Crippen LogP contribution in [0.2, 0.25) is 0 Å². The molecule has 1 aromatic carbocycles. The van der Waals surface area contributed by atoms with Crippen molar-refractivity contribution in [2.45, 2.75) is 38.6 Å². The summed E-state index contributed by atoms with van der Waals surface area (Å²) in [6, 6.07) is 5.72. The van der Waals surface area contributed by atoms with Gasteiger partial charge in [-0.2, -0.15) is 0 Å². The van der Waals surface area contributed by atoms with Crippen LogP contribution in [0.4, 0.5) is 11.4 Å². The number of benzene rings is 1. The Morgan fingerprint density at radius 2 is 2.11 bits per heavy atom. The Morgan fingerprint density at radius 3 is 2.56 bits per heavy atom. The van der Waals surface area contributed by atoms with Crippen LogP contribution in [0.25, 0.3) is 0 Å². The molecule has 0 fully saturated rings. The zero-order valence-electron chi connectivity index (χ0n) is 11.0. The largest absolute Gasteiger partial charge is 0.369 e. The smallest absolute Gasteiger partial charge is 0.273 e. The lowest BCUT2D eigenvalue weighted by atomic mass is 10.1. The first-order chi connectivity index (χ1) is 8.51. The van der Waals surface area contributed by atoms with Crippen LogP contribution in [0.1, 0.15) is 32.8 Å². The third-order valence-corrected chi connectivity index (χ3v) is 3.43. The molecule has 18 heavy (non-hydrogen) atoms. The fourth-order valence-electron chi connectivity index (χ4n) is 1.96. The van der Waals surface area contributed by atoms with Gasteiger partial charge in [0.1, 0.15) is 0 Å². The van der Waals surface area contributed by atoms with Gasteiger partial charge < -0.3 is 4.90 Å². The molecule has 1 rings (SSSR count). The highest BCUT2D eigenvalue weighted by Gasteiger charge is 2.16. The molecule has 0 N–H and O–H groups in total. The molecular weight excluding hydrogens is 296 g/mol. The normalized spacial score (nSPS) is 10.7. The van der Waals surface area contributed by atoms with Gasteiger partial charge in [-0.25, -0.2) is 0 Å². The van der Waals surface area contributed by atoms with Gasteiger partial charge in [-0.3, -0.25) is 10.1 Å². The molecule has 0 amide bonds. The third-order valence-electron chi connectivity index (χ3n) is 2.82. The lowest BCUT2D eigenvalue weighted by Crippen LogP contribution is -2.31. The maximum Gasteiger partial charge on any atom is 0.273 e. The van der Waals surface area contributed by atoms with E-state index in [1.54, 1.807) is 6.07 Å². The van der Waals surface area contributed by atoms with Gasteiger partial charge in [0.05, 0.1) is 4.92 Å². The van der Waals surface area contributed by atoms with E-state index in [9.17, 15) is 10.1 Å². The highest BCUT2D eigenvalue weighted by molar-refractivity contribution is 9.08. The Hall–Kier alpha value is -1.10. The number of hydrogen-bond acceptors (Lipinski definition) is 3. The Bertz CT molecular complexity index is 421. The first kappa shape index (κ1) is 15.0. The van der Waals surface area contributed by atoms with Crippen molar-refractivity contribution in [1.29, 1.82) is 0 Å². The van der Waals surface area contributed by atoms with Crippen LogP contribution in [0, 0.1) is 10.1 Å². The summed E-state index contributed by atoms with van der Waals surface area (Å²) in [4.78, 5) is 12.8. The minimum Gasteiger partial charge on any atom is -0.369 e. The molecule has 0 aliphatic heterocycles. The number of rotatable bonds is 6. The van der Waals surface area contributed by atoms with Gasteiger partial charge in [-0.1, -0.05) is 22.9 Å². The van der Waals surface area contributed by atoms with Gasteiger partial charge in [0.15, 0.2) is 0 Å². The Balaban J connectivity index is 3.13. The Morgan fingerprint density at radius 1 is 1.44 bits per heavy atom. The first-order valence-electron chi connectivity index (χ1n) is 6.11. The summed E-state index contributed by atoms with van der Waals surface area (Å²) in [6.07, 6.45) is 1.05. The van der Waals surface area contributed by atoms with Crippen LogP contribution in [0.5, 0.6) is 0 Å². The van der Waals surface area contributed by atoms with Crippen LogP contribution in [0.15, 0.2) is 18.2 Å². The molecule has 0 aliphatic rings. The monoisotopic (exact) mass is 314 g/mol. The lowest BCUT2D eigenvalue weighted by molar-refractivity contribution is -0.385. The highest BCUT2D eigenvalue weighted by atomic mass is 79.9. The van der Waals surface area contributed by atoms with Gasteiger partial charge in [0, 0.05) is 35.2 Å². The van der Waals surface area contributed by atoms with Crippen molar-refractivity contribution in [2.75, 3.05) is 11.4 Å². The SMILES string of the molecule is CCCN(c1ccc([N+](=O)[O-])c(CBr)c1)C(C)C. The van der Waals surface area contributed by atoms with Crippen molar-refractivity contribution in [3.8, 4) is 0 Å². The second-order valence-corrected chi connectivity index (χ2v) is 5.05. The maximum absolute atomic E-state index is 10.9. The van der Waals surface area contributed by atoms with E-state index < -0.39 is 0 Å². The van der Waals surface area contributed by atoms with Crippen molar-refractivity contribution in [3.63, 3.8) is 0 Å². The summed E-state index contributed by atoms with van der Waals surface area (Å²) in [5, 5.41) is 11.4. The van der Waals surface area contributed by atoms with E-state index in [1.165, 1.54) is 0 Å². The quantitative estimate of drug-likeness (QED) is 0.451. The van der Waals surface area contributed by atoms with E-state index in [1.807, 2.05) is 12.1 Å². The molecule has 0 unspecified atom stereocenters. The average Bonchev–Trinajstić information content (AvgIpc) is 2.34. The van der Waals surface area contributed by atoms with Crippen molar-refractivity contribution < 1.29 is 4.92 Å². The summed E-state index contributed by atoms with van der Waals surface area (Å²) in [5.41, 5.74) is 1.95. The molecular formula is C13H19BrN2O2. The summed E-state index contributed by atoms with van der Waals surface area (Å²) in [5.74, 6) is 0. The predicted octanol–water partition coefficient (Wildman–Crippen LogP) is 4.11.